The summed E-state index contributed by atoms with van der Waals surface area (Å²) in [5.41, 5.74) is 2.25. The third-order valence-corrected chi connectivity index (χ3v) is 3.84. The molecule has 0 bridgehead atoms. The fraction of sp³-hybridized carbons (Fsp3) is 0.294. The number of benzene rings is 2. The number of piperazine rings is 1. The monoisotopic (exact) mass is 302 g/mol. The second-order valence-electron chi connectivity index (χ2n) is 5.12. The lowest BCUT2D eigenvalue weighted by atomic mass is 10.2. The molecule has 0 aromatic heterocycles. The van der Waals surface area contributed by atoms with Crippen LogP contribution in [0.5, 0.6) is 5.75 Å². The quantitative estimate of drug-likeness (QED) is 0.937. The van der Waals surface area contributed by atoms with Crippen molar-refractivity contribution in [1.29, 1.82) is 0 Å². The van der Waals surface area contributed by atoms with Gasteiger partial charge in [-0.15, -0.1) is 0 Å². The Balaban J connectivity index is 1.73. The van der Waals surface area contributed by atoms with E-state index in [2.05, 4.69) is 22.3 Å². The first-order chi connectivity index (χ1) is 10.3. The Hall–Kier alpha value is -1.71. The largest absolute Gasteiger partial charge is 0.487 e. The number of halogens is 1. The van der Waals surface area contributed by atoms with Crippen LogP contribution < -0.4 is 15.0 Å². The highest BCUT2D eigenvalue weighted by atomic mass is 35.5. The average molecular weight is 303 g/mol. The van der Waals surface area contributed by atoms with Crippen LogP contribution in [0.25, 0.3) is 0 Å². The number of anilines is 1. The number of hydrogen-bond donors (Lipinski definition) is 1. The molecular formula is C17H19ClN2O. The lowest BCUT2D eigenvalue weighted by molar-refractivity contribution is 0.306. The van der Waals surface area contributed by atoms with E-state index in [4.69, 9.17) is 16.3 Å². The van der Waals surface area contributed by atoms with Gasteiger partial charge in [0.25, 0.3) is 0 Å². The van der Waals surface area contributed by atoms with Crippen molar-refractivity contribution in [3.05, 3.63) is 59.1 Å². The molecule has 0 amide bonds. The second kappa shape index (κ2) is 6.83. The van der Waals surface area contributed by atoms with Gasteiger partial charge >= 0.3 is 0 Å². The van der Waals surface area contributed by atoms with Crippen LogP contribution in [0.3, 0.4) is 0 Å². The van der Waals surface area contributed by atoms with Gasteiger partial charge in [0, 0.05) is 31.2 Å². The molecule has 1 aliphatic heterocycles. The van der Waals surface area contributed by atoms with E-state index in [0.717, 1.165) is 42.5 Å². The van der Waals surface area contributed by atoms with Crippen molar-refractivity contribution in [2.24, 2.45) is 0 Å². The topological polar surface area (TPSA) is 24.5 Å². The summed E-state index contributed by atoms with van der Waals surface area (Å²) in [5, 5.41) is 4.11. The maximum Gasteiger partial charge on any atom is 0.143 e. The molecule has 21 heavy (non-hydrogen) atoms. The van der Waals surface area contributed by atoms with Gasteiger partial charge in [-0.3, -0.25) is 0 Å². The molecule has 3 nitrogen and oxygen atoms in total. The number of para-hydroxylation sites is 2. The molecule has 0 saturated carbocycles. The Labute approximate surface area is 130 Å². The molecule has 1 heterocycles. The molecule has 2 aromatic carbocycles. The molecule has 0 radical (unpaired) electrons. The third kappa shape index (κ3) is 3.69. The Bertz CT molecular complexity index is 597. The van der Waals surface area contributed by atoms with E-state index in [1.807, 2.05) is 36.4 Å². The summed E-state index contributed by atoms with van der Waals surface area (Å²) in [4.78, 5) is 2.36. The number of ether oxygens (including phenoxy) is 1. The van der Waals surface area contributed by atoms with Crippen molar-refractivity contribution in [3.8, 4) is 5.75 Å². The minimum absolute atomic E-state index is 0.531. The maximum atomic E-state index is 6.01. The number of nitrogens with zero attached hydrogens (tertiary/aromatic N) is 1. The highest BCUT2D eigenvalue weighted by molar-refractivity contribution is 6.30. The third-order valence-electron chi connectivity index (χ3n) is 3.61. The summed E-state index contributed by atoms with van der Waals surface area (Å²) in [6, 6.07) is 16.0. The van der Waals surface area contributed by atoms with E-state index in [1.54, 1.807) is 0 Å². The van der Waals surface area contributed by atoms with Gasteiger partial charge in [0.05, 0.1) is 5.69 Å². The molecule has 0 spiro atoms. The zero-order chi connectivity index (χ0) is 14.5. The van der Waals surface area contributed by atoms with Crippen molar-refractivity contribution in [1.82, 2.24) is 5.32 Å². The zero-order valence-electron chi connectivity index (χ0n) is 11.9. The van der Waals surface area contributed by atoms with Crippen LogP contribution in [-0.4, -0.2) is 26.2 Å². The van der Waals surface area contributed by atoms with Gasteiger partial charge in [-0.2, -0.15) is 0 Å². The van der Waals surface area contributed by atoms with Crippen LogP contribution >= 0.6 is 11.6 Å². The minimum atomic E-state index is 0.531. The van der Waals surface area contributed by atoms with Gasteiger partial charge in [0.15, 0.2) is 0 Å². The number of rotatable bonds is 4. The average Bonchev–Trinajstić information content (AvgIpc) is 2.54. The minimum Gasteiger partial charge on any atom is -0.487 e. The smallest absolute Gasteiger partial charge is 0.143 e. The van der Waals surface area contributed by atoms with Crippen molar-refractivity contribution in [3.63, 3.8) is 0 Å². The Morgan fingerprint density at radius 3 is 2.67 bits per heavy atom. The van der Waals surface area contributed by atoms with E-state index in [1.165, 1.54) is 5.69 Å². The van der Waals surface area contributed by atoms with Crippen LogP contribution in [0.1, 0.15) is 5.56 Å². The van der Waals surface area contributed by atoms with Crippen LogP contribution in [0, 0.1) is 0 Å². The molecule has 1 saturated heterocycles. The van der Waals surface area contributed by atoms with Gasteiger partial charge in [0.1, 0.15) is 12.4 Å². The van der Waals surface area contributed by atoms with Crippen LogP contribution in [0.15, 0.2) is 48.5 Å². The van der Waals surface area contributed by atoms with Crippen LogP contribution in [0.4, 0.5) is 5.69 Å². The van der Waals surface area contributed by atoms with E-state index < -0.39 is 0 Å². The lowest BCUT2D eigenvalue weighted by Crippen LogP contribution is -2.43. The van der Waals surface area contributed by atoms with Gasteiger partial charge < -0.3 is 15.0 Å². The van der Waals surface area contributed by atoms with Gasteiger partial charge in [-0.05, 0) is 29.8 Å². The fourth-order valence-corrected chi connectivity index (χ4v) is 2.75. The summed E-state index contributed by atoms with van der Waals surface area (Å²) in [7, 11) is 0. The molecule has 3 rings (SSSR count). The normalized spacial score (nSPS) is 15.0. The fourth-order valence-electron chi connectivity index (χ4n) is 2.53. The molecule has 0 unspecified atom stereocenters. The second-order valence-corrected chi connectivity index (χ2v) is 5.56. The molecule has 1 N–H and O–H groups in total. The Morgan fingerprint density at radius 2 is 1.86 bits per heavy atom. The van der Waals surface area contributed by atoms with E-state index in [9.17, 15) is 0 Å². The van der Waals surface area contributed by atoms with Crippen molar-refractivity contribution < 1.29 is 4.74 Å². The van der Waals surface area contributed by atoms with Gasteiger partial charge in [-0.1, -0.05) is 35.9 Å². The molecule has 110 valence electrons. The predicted molar refractivity (Wildman–Crippen MR) is 87.3 cm³/mol. The van der Waals surface area contributed by atoms with Gasteiger partial charge in [-0.25, -0.2) is 0 Å². The molecule has 0 aliphatic carbocycles. The predicted octanol–water partition coefficient (Wildman–Crippen LogP) is 3.33. The Kier molecular flexibility index (Phi) is 4.63. The standard InChI is InChI=1S/C17H19ClN2O/c18-15-5-3-4-14(12-15)13-21-17-7-2-1-6-16(17)20-10-8-19-9-11-20/h1-7,12,19H,8-11,13H2. The zero-order valence-corrected chi connectivity index (χ0v) is 12.6. The first-order valence-electron chi connectivity index (χ1n) is 7.25. The van der Waals surface area contributed by atoms with Crippen molar-refractivity contribution in [2.45, 2.75) is 6.61 Å². The first kappa shape index (κ1) is 14.2. The summed E-state index contributed by atoms with van der Waals surface area (Å²) in [6.45, 7) is 4.59. The van der Waals surface area contributed by atoms with E-state index in [0.29, 0.717) is 6.61 Å². The molecule has 2 aromatic rings. The van der Waals surface area contributed by atoms with Gasteiger partial charge in [0.2, 0.25) is 0 Å². The number of nitrogens with one attached hydrogen (secondary N) is 1. The Morgan fingerprint density at radius 1 is 1.05 bits per heavy atom. The summed E-state index contributed by atoms with van der Waals surface area (Å²) >= 11 is 6.01. The van der Waals surface area contributed by atoms with Crippen molar-refractivity contribution in [2.75, 3.05) is 31.1 Å². The molecule has 1 aliphatic rings. The SMILES string of the molecule is Clc1cccc(COc2ccccc2N2CCNCC2)c1. The summed E-state index contributed by atoms with van der Waals surface area (Å²) in [6.07, 6.45) is 0. The molecule has 1 fully saturated rings. The van der Waals surface area contributed by atoms with Crippen LogP contribution in [0.2, 0.25) is 5.02 Å². The summed E-state index contributed by atoms with van der Waals surface area (Å²) in [5.74, 6) is 0.930. The van der Waals surface area contributed by atoms with Crippen LogP contribution in [-0.2, 0) is 6.61 Å². The summed E-state index contributed by atoms with van der Waals surface area (Å²) < 4.78 is 6.01. The van der Waals surface area contributed by atoms with E-state index >= 15 is 0 Å². The highest BCUT2D eigenvalue weighted by Gasteiger charge is 2.14. The lowest BCUT2D eigenvalue weighted by Gasteiger charge is -2.30. The molecular weight excluding hydrogens is 284 g/mol. The molecule has 4 heteroatoms. The van der Waals surface area contributed by atoms with E-state index in [-0.39, 0.29) is 0 Å². The number of hydrogen-bond acceptors (Lipinski definition) is 3. The first-order valence-corrected chi connectivity index (χ1v) is 7.63. The van der Waals surface area contributed by atoms with Crippen molar-refractivity contribution >= 4 is 17.3 Å². The highest BCUT2D eigenvalue weighted by Crippen LogP contribution is 2.29. The maximum absolute atomic E-state index is 6.01. The molecule has 0 atom stereocenters.